The van der Waals surface area contributed by atoms with Crippen molar-refractivity contribution in [3.8, 4) is 0 Å². The van der Waals surface area contributed by atoms with E-state index in [9.17, 15) is 22.8 Å². The standard InChI is InChI=1S/C19H16F3N3O2/c20-13-2-1-11-6-17(26)25(10-12(11)5-13)19(3-4-19)18(27)24-9-16-15(22)7-14(21)8-23-16/h1-2,5,7-8H,3-4,6,9-10H2,(H,24,27). The van der Waals surface area contributed by atoms with Gasteiger partial charge in [0.15, 0.2) is 0 Å². The van der Waals surface area contributed by atoms with Gasteiger partial charge in [0.1, 0.15) is 23.0 Å². The molecule has 1 aromatic heterocycles. The highest BCUT2D eigenvalue weighted by Crippen LogP contribution is 2.44. The molecular weight excluding hydrogens is 359 g/mol. The molecule has 0 unspecified atom stereocenters. The number of rotatable bonds is 4. The Morgan fingerprint density at radius 1 is 1.15 bits per heavy atom. The van der Waals surface area contributed by atoms with Crippen molar-refractivity contribution in [3.05, 3.63) is 64.7 Å². The fraction of sp³-hybridized carbons (Fsp3) is 0.316. The Bertz CT molecular complexity index is 944. The monoisotopic (exact) mass is 375 g/mol. The third kappa shape index (κ3) is 3.15. The number of carbonyl (C=O) groups is 2. The van der Waals surface area contributed by atoms with Crippen molar-refractivity contribution in [1.29, 1.82) is 0 Å². The highest BCUT2D eigenvalue weighted by Gasteiger charge is 2.57. The highest BCUT2D eigenvalue weighted by molar-refractivity contribution is 5.95. The summed E-state index contributed by atoms with van der Waals surface area (Å²) in [6.45, 7) is -0.0531. The van der Waals surface area contributed by atoms with E-state index in [1.54, 1.807) is 6.07 Å². The molecule has 4 rings (SSSR count). The van der Waals surface area contributed by atoms with Crippen LogP contribution in [0.25, 0.3) is 0 Å². The van der Waals surface area contributed by atoms with E-state index < -0.39 is 28.9 Å². The summed E-state index contributed by atoms with van der Waals surface area (Å²) < 4.78 is 40.1. The minimum Gasteiger partial charge on any atom is -0.348 e. The van der Waals surface area contributed by atoms with Gasteiger partial charge in [-0.3, -0.25) is 14.6 Å². The second-order valence-corrected chi connectivity index (χ2v) is 6.87. The van der Waals surface area contributed by atoms with Crippen LogP contribution in [0.15, 0.2) is 30.5 Å². The average Bonchev–Trinajstić information content (AvgIpc) is 3.42. The number of fused-ring (bicyclic) bond motifs is 1. The molecule has 2 heterocycles. The van der Waals surface area contributed by atoms with Crippen LogP contribution < -0.4 is 5.32 Å². The molecule has 8 heteroatoms. The Balaban J connectivity index is 1.49. The number of aromatic nitrogens is 1. The number of hydrogen-bond donors (Lipinski definition) is 1. The van der Waals surface area contributed by atoms with E-state index in [1.165, 1.54) is 17.0 Å². The fourth-order valence-electron chi connectivity index (χ4n) is 3.46. The first-order valence-corrected chi connectivity index (χ1v) is 8.55. The van der Waals surface area contributed by atoms with Gasteiger partial charge < -0.3 is 10.2 Å². The van der Waals surface area contributed by atoms with Gasteiger partial charge in [0.05, 0.1) is 24.9 Å². The molecule has 0 saturated heterocycles. The van der Waals surface area contributed by atoms with Crippen LogP contribution in [0.1, 0.15) is 29.7 Å². The molecule has 2 aromatic rings. The summed E-state index contributed by atoms with van der Waals surface area (Å²) in [7, 11) is 0. The number of nitrogens with zero attached hydrogens (tertiary/aromatic N) is 2. The van der Waals surface area contributed by atoms with Crippen molar-refractivity contribution >= 4 is 11.8 Å². The Labute approximate surface area is 153 Å². The third-order valence-electron chi connectivity index (χ3n) is 5.10. The van der Waals surface area contributed by atoms with Gasteiger partial charge in [-0.1, -0.05) is 6.07 Å². The smallest absolute Gasteiger partial charge is 0.246 e. The molecule has 140 valence electrons. The highest BCUT2D eigenvalue weighted by atomic mass is 19.1. The first-order chi connectivity index (χ1) is 12.9. The number of benzene rings is 1. The van der Waals surface area contributed by atoms with E-state index in [0.717, 1.165) is 11.8 Å². The van der Waals surface area contributed by atoms with Gasteiger partial charge in [-0.05, 0) is 36.1 Å². The molecular formula is C19H16F3N3O2. The van der Waals surface area contributed by atoms with Gasteiger partial charge in [-0.25, -0.2) is 13.2 Å². The molecule has 0 atom stereocenters. The number of hydrogen-bond acceptors (Lipinski definition) is 3. The fourth-order valence-corrected chi connectivity index (χ4v) is 3.46. The van der Waals surface area contributed by atoms with E-state index in [4.69, 9.17) is 0 Å². The van der Waals surface area contributed by atoms with E-state index in [1.807, 2.05) is 0 Å². The molecule has 2 aliphatic rings. The minimum absolute atomic E-state index is 0.0852. The van der Waals surface area contributed by atoms with Crippen LogP contribution in [-0.4, -0.2) is 27.2 Å². The van der Waals surface area contributed by atoms with Crippen molar-refractivity contribution in [3.63, 3.8) is 0 Å². The zero-order valence-electron chi connectivity index (χ0n) is 14.3. The summed E-state index contributed by atoms with van der Waals surface area (Å²) in [4.78, 5) is 30.3. The molecule has 2 amide bonds. The van der Waals surface area contributed by atoms with Gasteiger partial charge in [0.2, 0.25) is 11.8 Å². The maximum atomic E-state index is 13.7. The van der Waals surface area contributed by atoms with Gasteiger partial charge >= 0.3 is 0 Å². The number of amides is 2. The normalized spacial score (nSPS) is 17.4. The molecule has 5 nitrogen and oxygen atoms in total. The summed E-state index contributed by atoms with van der Waals surface area (Å²) in [6, 6.07) is 4.97. The van der Waals surface area contributed by atoms with Crippen molar-refractivity contribution < 1.29 is 22.8 Å². The van der Waals surface area contributed by atoms with E-state index in [-0.39, 0.29) is 31.1 Å². The van der Waals surface area contributed by atoms with Crippen molar-refractivity contribution in [1.82, 2.24) is 15.2 Å². The summed E-state index contributed by atoms with van der Waals surface area (Å²) in [5.74, 6) is -2.66. The summed E-state index contributed by atoms with van der Waals surface area (Å²) in [6.07, 6.45) is 1.94. The zero-order chi connectivity index (χ0) is 19.2. The predicted octanol–water partition coefficient (Wildman–Crippen LogP) is 2.23. The molecule has 0 radical (unpaired) electrons. The van der Waals surface area contributed by atoms with Crippen LogP contribution in [0.4, 0.5) is 13.2 Å². The topological polar surface area (TPSA) is 62.3 Å². The van der Waals surface area contributed by atoms with E-state index in [2.05, 4.69) is 10.3 Å². The summed E-state index contributed by atoms with van der Waals surface area (Å²) in [5.41, 5.74) is 0.349. The van der Waals surface area contributed by atoms with Crippen LogP contribution in [0.2, 0.25) is 0 Å². The van der Waals surface area contributed by atoms with Gasteiger partial charge in [0, 0.05) is 12.6 Å². The average molecular weight is 375 g/mol. The molecule has 27 heavy (non-hydrogen) atoms. The van der Waals surface area contributed by atoms with Crippen LogP contribution in [0.3, 0.4) is 0 Å². The first kappa shape index (κ1) is 17.5. The molecule has 1 saturated carbocycles. The molecule has 1 N–H and O–H groups in total. The van der Waals surface area contributed by atoms with Crippen molar-refractivity contribution in [2.45, 2.75) is 37.9 Å². The molecule has 0 bridgehead atoms. The summed E-state index contributed by atoms with van der Waals surface area (Å²) in [5, 5.41) is 2.58. The number of pyridine rings is 1. The van der Waals surface area contributed by atoms with Crippen LogP contribution in [0.5, 0.6) is 0 Å². The molecule has 0 spiro atoms. The number of carbonyl (C=O) groups excluding carboxylic acids is 2. The zero-order valence-corrected chi connectivity index (χ0v) is 14.3. The van der Waals surface area contributed by atoms with E-state index >= 15 is 0 Å². The molecule has 1 aromatic carbocycles. The lowest BCUT2D eigenvalue weighted by Crippen LogP contribution is -2.53. The Kier molecular flexibility index (Phi) is 4.13. The summed E-state index contributed by atoms with van der Waals surface area (Å²) >= 11 is 0. The Morgan fingerprint density at radius 3 is 2.63 bits per heavy atom. The second kappa shape index (κ2) is 6.37. The Morgan fingerprint density at radius 2 is 1.93 bits per heavy atom. The largest absolute Gasteiger partial charge is 0.348 e. The van der Waals surface area contributed by atoms with Gasteiger partial charge in [0.25, 0.3) is 0 Å². The predicted molar refractivity (Wildman–Crippen MR) is 88.6 cm³/mol. The van der Waals surface area contributed by atoms with Crippen molar-refractivity contribution in [2.75, 3.05) is 0 Å². The number of nitrogens with one attached hydrogen (secondary N) is 1. The quantitative estimate of drug-likeness (QED) is 0.892. The first-order valence-electron chi connectivity index (χ1n) is 8.55. The van der Waals surface area contributed by atoms with Gasteiger partial charge in [-0.2, -0.15) is 0 Å². The SMILES string of the molecule is O=C1Cc2ccc(F)cc2CN1C1(C(=O)NCc2ncc(F)cc2F)CC1. The minimum atomic E-state index is -1.00. The van der Waals surface area contributed by atoms with E-state index in [0.29, 0.717) is 24.5 Å². The lowest BCUT2D eigenvalue weighted by atomic mass is 9.97. The van der Waals surface area contributed by atoms with Gasteiger partial charge in [-0.15, -0.1) is 0 Å². The van der Waals surface area contributed by atoms with Crippen LogP contribution in [-0.2, 0) is 29.1 Å². The second-order valence-electron chi connectivity index (χ2n) is 6.87. The maximum Gasteiger partial charge on any atom is 0.246 e. The van der Waals surface area contributed by atoms with Crippen LogP contribution >= 0.6 is 0 Å². The lowest BCUT2D eigenvalue weighted by Gasteiger charge is -2.35. The van der Waals surface area contributed by atoms with Crippen molar-refractivity contribution in [2.24, 2.45) is 0 Å². The maximum absolute atomic E-state index is 13.7. The molecule has 1 aliphatic carbocycles. The number of halogens is 3. The van der Waals surface area contributed by atoms with Crippen LogP contribution in [0, 0.1) is 17.5 Å². The Hall–Kier alpha value is -2.90. The lowest BCUT2D eigenvalue weighted by molar-refractivity contribution is -0.143. The molecule has 1 fully saturated rings. The third-order valence-corrected chi connectivity index (χ3v) is 5.10. The molecule has 1 aliphatic heterocycles.